The lowest BCUT2D eigenvalue weighted by atomic mass is 10.00. The monoisotopic (exact) mass is 427 g/mol. The zero-order chi connectivity index (χ0) is 20.8. The summed E-state index contributed by atoms with van der Waals surface area (Å²) in [6, 6.07) is 16.8. The third-order valence-corrected chi connectivity index (χ3v) is 6.26. The van der Waals surface area contributed by atoms with E-state index in [1.165, 1.54) is 0 Å². The van der Waals surface area contributed by atoms with Gasteiger partial charge in [-0.15, -0.1) is 0 Å². The maximum Gasteiger partial charge on any atom is 0.238 e. The van der Waals surface area contributed by atoms with Crippen LogP contribution in [0.4, 0.5) is 0 Å². The molecule has 0 fully saturated rings. The third kappa shape index (κ3) is 4.02. The minimum absolute atomic E-state index is 0.110. The number of likely N-dealkylation sites (N-methyl/N-ethyl adjacent to an activating group) is 1. The second kappa shape index (κ2) is 7.46. The van der Waals surface area contributed by atoms with Gasteiger partial charge in [0, 0.05) is 40.8 Å². The Morgan fingerprint density at radius 1 is 0.966 bits per heavy atom. The fourth-order valence-electron chi connectivity index (χ4n) is 3.58. The lowest BCUT2D eigenvalue weighted by Gasteiger charge is -2.13. The Labute approximate surface area is 175 Å². The predicted octanol–water partition coefficient (Wildman–Crippen LogP) is 4.32. The molecule has 0 aliphatic carbocycles. The van der Waals surface area contributed by atoms with Gasteiger partial charge in [0.2, 0.25) is 10.0 Å². The van der Waals surface area contributed by atoms with Crippen molar-refractivity contribution in [3.8, 4) is 11.1 Å². The Morgan fingerprint density at radius 3 is 2.48 bits per heavy atom. The van der Waals surface area contributed by atoms with Crippen molar-refractivity contribution < 1.29 is 8.42 Å². The summed E-state index contributed by atoms with van der Waals surface area (Å²) in [5, 5.41) is 8.82. The van der Waals surface area contributed by atoms with Crippen LogP contribution < -0.4 is 5.14 Å². The largest absolute Gasteiger partial charge is 0.346 e. The van der Waals surface area contributed by atoms with Crippen LogP contribution in [0, 0.1) is 0 Å². The van der Waals surface area contributed by atoms with Gasteiger partial charge < -0.3 is 9.47 Å². The number of nitrogens with two attached hydrogens (primary N) is 1. The molecular weight excluding hydrogens is 406 g/mol. The van der Waals surface area contributed by atoms with Crippen LogP contribution in [0.1, 0.15) is 0 Å². The van der Waals surface area contributed by atoms with Gasteiger partial charge in [-0.3, -0.25) is 0 Å². The number of primary sulfonamides is 1. The first-order chi connectivity index (χ1) is 13.7. The number of sulfonamides is 1. The molecule has 4 aromatic rings. The average molecular weight is 428 g/mol. The second-order valence-corrected chi connectivity index (χ2v) is 9.44. The van der Waals surface area contributed by atoms with Crippen LogP contribution in [0.2, 0.25) is 5.02 Å². The number of halogens is 1. The first-order valence-electron chi connectivity index (χ1n) is 9.22. The summed E-state index contributed by atoms with van der Waals surface area (Å²) in [5.74, 6) is 0. The molecule has 3 aromatic carbocycles. The Morgan fingerprint density at radius 2 is 1.76 bits per heavy atom. The lowest BCUT2D eigenvalue weighted by molar-refractivity contribution is 0.387. The number of rotatable bonds is 5. The molecule has 0 spiro atoms. The van der Waals surface area contributed by atoms with Crippen LogP contribution in [-0.4, -0.2) is 38.5 Å². The molecule has 0 bridgehead atoms. The van der Waals surface area contributed by atoms with E-state index in [0.29, 0.717) is 10.6 Å². The van der Waals surface area contributed by atoms with Gasteiger partial charge in [0.1, 0.15) is 0 Å². The quantitative estimate of drug-likeness (QED) is 0.515. The van der Waals surface area contributed by atoms with E-state index >= 15 is 0 Å². The minimum atomic E-state index is -3.89. The first kappa shape index (κ1) is 19.9. The topological polar surface area (TPSA) is 68.3 Å². The Balaban J connectivity index is 1.87. The lowest BCUT2D eigenvalue weighted by Crippen LogP contribution is -2.17. The van der Waals surface area contributed by atoms with E-state index in [9.17, 15) is 8.42 Å². The fraction of sp³-hybridized carbons (Fsp3) is 0.182. The summed E-state index contributed by atoms with van der Waals surface area (Å²) in [4.78, 5) is 2.25. The Bertz CT molecular complexity index is 1330. The van der Waals surface area contributed by atoms with Crippen LogP contribution in [0.3, 0.4) is 0 Å². The van der Waals surface area contributed by atoms with Crippen LogP contribution in [-0.2, 0) is 16.6 Å². The van der Waals surface area contributed by atoms with E-state index in [1.807, 2.05) is 50.5 Å². The van der Waals surface area contributed by atoms with Crippen molar-refractivity contribution in [2.45, 2.75) is 11.4 Å². The van der Waals surface area contributed by atoms with Crippen molar-refractivity contribution in [1.82, 2.24) is 9.47 Å². The minimum Gasteiger partial charge on any atom is -0.346 e. The smallest absolute Gasteiger partial charge is 0.238 e. The van der Waals surface area contributed by atoms with E-state index < -0.39 is 10.0 Å². The van der Waals surface area contributed by atoms with Crippen LogP contribution in [0.15, 0.2) is 65.7 Å². The van der Waals surface area contributed by atoms with Gasteiger partial charge in [0.15, 0.2) is 0 Å². The molecule has 29 heavy (non-hydrogen) atoms. The van der Waals surface area contributed by atoms with Crippen molar-refractivity contribution in [1.29, 1.82) is 0 Å². The number of hydrogen-bond donors (Lipinski definition) is 1. The summed E-state index contributed by atoms with van der Waals surface area (Å²) >= 11 is 6.13. The number of hydrogen-bond acceptors (Lipinski definition) is 3. The maximum atomic E-state index is 12.3. The van der Waals surface area contributed by atoms with Crippen LogP contribution in [0.5, 0.6) is 0 Å². The van der Waals surface area contributed by atoms with Gasteiger partial charge in [-0.2, -0.15) is 0 Å². The molecule has 0 unspecified atom stereocenters. The highest BCUT2D eigenvalue weighted by molar-refractivity contribution is 7.89. The SMILES string of the molecule is CN(C)CCn1ccc2cc(-c3cc4cc(Cl)ccc4cc3S(N)(=O)=O)ccc21. The molecule has 5 nitrogen and oxygen atoms in total. The van der Waals surface area contributed by atoms with Crippen LogP contribution in [0.25, 0.3) is 32.8 Å². The molecule has 0 saturated carbocycles. The molecule has 4 rings (SSSR count). The summed E-state index contributed by atoms with van der Waals surface area (Å²) < 4.78 is 26.8. The van der Waals surface area contributed by atoms with Gasteiger partial charge in [-0.25, -0.2) is 13.6 Å². The zero-order valence-electron chi connectivity index (χ0n) is 16.3. The molecule has 0 atom stereocenters. The predicted molar refractivity (Wildman–Crippen MR) is 120 cm³/mol. The Kier molecular flexibility index (Phi) is 5.12. The number of nitrogens with zero attached hydrogens (tertiary/aromatic N) is 2. The molecular formula is C22H22ClN3O2S. The van der Waals surface area contributed by atoms with Gasteiger partial charge in [0.05, 0.1) is 4.90 Å². The average Bonchev–Trinajstić information content (AvgIpc) is 3.06. The van der Waals surface area contributed by atoms with Crippen molar-refractivity contribution in [3.05, 3.63) is 65.8 Å². The standard InChI is InChI=1S/C22H22ClN3O2S/c1-25(2)9-10-26-8-7-17-11-16(4-6-21(17)26)20-13-18-12-19(23)5-3-15(18)14-22(20)29(24,27)28/h3-8,11-14H,9-10H2,1-2H3,(H2,24,27,28). The first-order valence-corrected chi connectivity index (χ1v) is 11.1. The normalized spacial score (nSPS) is 12.3. The molecule has 0 radical (unpaired) electrons. The number of benzene rings is 3. The van der Waals surface area contributed by atoms with Crippen molar-refractivity contribution >= 4 is 43.3 Å². The van der Waals surface area contributed by atoms with Gasteiger partial charge in [-0.05, 0) is 72.9 Å². The molecule has 7 heteroatoms. The van der Waals surface area contributed by atoms with Gasteiger partial charge >= 0.3 is 0 Å². The molecule has 0 aliphatic heterocycles. The van der Waals surface area contributed by atoms with Crippen molar-refractivity contribution in [2.75, 3.05) is 20.6 Å². The van der Waals surface area contributed by atoms with Crippen molar-refractivity contribution in [3.63, 3.8) is 0 Å². The van der Waals surface area contributed by atoms with E-state index in [0.717, 1.165) is 40.3 Å². The highest BCUT2D eigenvalue weighted by atomic mass is 35.5. The van der Waals surface area contributed by atoms with E-state index in [4.69, 9.17) is 16.7 Å². The molecule has 1 heterocycles. The highest BCUT2D eigenvalue weighted by Crippen LogP contribution is 2.34. The highest BCUT2D eigenvalue weighted by Gasteiger charge is 2.17. The number of aromatic nitrogens is 1. The third-order valence-electron chi connectivity index (χ3n) is 5.08. The molecule has 0 aliphatic rings. The summed E-state index contributed by atoms with van der Waals surface area (Å²) in [6.07, 6.45) is 2.05. The maximum absolute atomic E-state index is 12.3. The zero-order valence-corrected chi connectivity index (χ0v) is 17.8. The molecule has 1 aromatic heterocycles. The summed E-state index contributed by atoms with van der Waals surface area (Å²) in [5.41, 5.74) is 2.48. The summed E-state index contributed by atoms with van der Waals surface area (Å²) in [7, 11) is 0.199. The number of fused-ring (bicyclic) bond motifs is 2. The summed E-state index contributed by atoms with van der Waals surface area (Å²) in [6.45, 7) is 1.82. The van der Waals surface area contributed by atoms with E-state index in [1.54, 1.807) is 18.2 Å². The molecule has 0 amide bonds. The molecule has 0 saturated heterocycles. The fourth-order valence-corrected chi connectivity index (χ4v) is 4.53. The van der Waals surface area contributed by atoms with Gasteiger partial charge in [0.25, 0.3) is 0 Å². The van der Waals surface area contributed by atoms with Gasteiger partial charge in [-0.1, -0.05) is 23.7 Å². The molecule has 150 valence electrons. The van der Waals surface area contributed by atoms with E-state index in [2.05, 4.69) is 15.7 Å². The molecule has 2 N–H and O–H groups in total. The van der Waals surface area contributed by atoms with Crippen LogP contribution >= 0.6 is 11.6 Å². The van der Waals surface area contributed by atoms with Crippen molar-refractivity contribution in [2.24, 2.45) is 5.14 Å². The van der Waals surface area contributed by atoms with E-state index in [-0.39, 0.29) is 4.90 Å². The Hall–Kier alpha value is -2.38. The second-order valence-electron chi connectivity index (χ2n) is 7.47.